The van der Waals surface area contributed by atoms with Crippen LogP contribution in [0.3, 0.4) is 0 Å². The average Bonchev–Trinajstić information content (AvgIpc) is 3.11. The molecule has 0 amide bonds. The fourth-order valence-electron chi connectivity index (χ4n) is 3.87. The lowest BCUT2D eigenvalue weighted by atomic mass is 9.96. The second kappa shape index (κ2) is 9.55. The van der Waals surface area contributed by atoms with E-state index in [4.69, 9.17) is 4.74 Å². The Morgan fingerprint density at radius 3 is 2.52 bits per heavy atom. The highest BCUT2D eigenvalue weighted by Crippen LogP contribution is 2.30. The number of aromatic nitrogens is 1. The normalized spacial score (nSPS) is 15.9. The number of carbonyl (C=O) groups is 1. The fraction of sp³-hybridized carbons (Fsp3) is 0.222. The quantitative estimate of drug-likeness (QED) is 0.413. The van der Waals surface area contributed by atoms with Crippen molar-refractivity contribution in [2.45, 2.75) is 32.7 Å². The minimum absolute atomic E-state index is 0.0912. The largest absolute Gasteiger partial charge is 0.458 e. The minimum Gasteiger partial charge on any atom is -0.458 e. The average molecular weight is 459 g/mol. The molecule has 0 N–H and O–H groups in total. The van der Waals surface area contributed by atoms with Crippen LogP contribution in [0.4, 0.5) is 0 Å². The first-order chi connectivity index (χ1) is 15.9. The molecular formula is C27H26N2O3S. The number of fused-ring (bicyclic) bond motifs is 1. The van der Waals surface area contributed by atoms with Crippen LogP contribution >= 0.6 is 11.3 Å². The van der Waals surface area contributed by atoms with Crippen LogP contribution in [0.2, 0.25) is 0 Å². The topological polar surface area (TPSA) is 60.7 Å². The van der Waals surface area contributed by atoms with Crippen molar-refractivity contribution in [2.75, 3.05) is 6.61 Å². The van der Waals surface area contributed by atoms with Gasteiger partial charge < -0.3 is 4.74 Å². The van der Waals surface area contributed by atoms with E-state index in [0.29, 0.717) is 26.5 Å². The van der Waals surface area contributed by atoms with E-state index < -0.39 is 12.0 Å². The molecule has 0 saturated heterocycles. The molecule has 2 aromatic carbocycles. The molecule has 168 valence electrons. The van der Waals surface area contributed by atoms with Gasteiger partial charge in [-0.25, -0.2) is 9.79 Å². The molecular weight excluding hydrogens is 432 g/mol. The monoisotopic (exact) mass is 458 g/mol. The van der Waals surface area contributed by atoms with Crippen molar-refractivity contribution < 1.29 is 9.53 Å². The molecule has 3 aromatic rings. The van der Waals surface area contributed by atoms with E-state index in [2.05, 4.69) is 37.6 Å². The number of hydrogen-bond donors (Lipinski definition) is 0. The van der Waals surface area contributed by atoms with Crippen LogP contribution in [0.15, 0.2) is 88.3 Å². The van der Waals surface area contributed by atoms with E-state index in [-0.39, 0.29) is 12.2 Å². The first kappa shape index (κ1) is 22.7. The molecule has 33 heavy (non-hydrogen) atoms. The van der Waals surface area contributed by atoms with E-state index in [1.165, 1.54) is 23.0 Å². The highest BCUT2D eigenvalue weighted by molar-refractivity contribution is 7.07. The van der Waals surface area contributed by atoms with Gasteiger partial charge in [-0.05, 0) is 35.6 Å². The van der Waals surface area contributed by atoms with Gasteiger partial charge in [0.05, 0.1) is 21.8 Å². The van der Waals surface area contributed by atoms with Crippen LogP contribution in [-0.4, -0.2) is 17.1 Å². The van der Waals surface area contributed by atoms with Gasteiger partial charge in [-0.3, -0.25) is 9.36 Å². The number of allylic oxidation sites excluding steroid dienone is 1. The van der Waals surface area contributed by atoms with Gasteiger partial charge >= 0.3 is 5.97 Å². The molecule has 2 heterocycles. The standard InChI is InChI=1S/C27H26N2O3S/c1-5-15-32-26(31)23-18(4)28-27-29(24(23)21-9-7-6-8-10-21)25(30)22(33-27)16-19-11-13-20(14-12-19)17(2)3/h5-14,16-17,24H,1,15H2,2-4H3/b22-16+. The number of rotatable bonds is 6. The summed E-state index contributed by atoms with van der Waals surface area (Å²) in [6.07, 6.45) is 3.40. The maximum absolute atomic E-state index is 13.6. The maximum atomic E-state index is 13.6. The summed E-state index contributed by atoms with van der Waals surface area (Å²) < 4.78 is 7.52. The van der Waals surface area contributed by atoms with Gasteiger partial charge in [0.25, 0.3) is 5.56 Å². The van der Waals surface area contributed by atoms with Gasteiger partial charge in [0.1, 0.15) is 6.61 Å². The molecule has 5 nitrogen and oxygen atoms in total. The molecule has 0 spiro atoms. The van der Waals surface area contributed by atoms with Crippen molar-refractivity contribution in [3.63, 3.8) is 0 Å². The fourth-order valence-corrected chi connectivity index (χ4v) is 4.92. The molecule has 1 aliphatic rings. The Bertz CT molecular complexity index is 1390. The molecule has 1 aromatic heterocycles. The first-order valence-electron chi connectivity index (χ1n) is 10.9. The van der Waals surface area contributed by atoms with E-state index in [9.17, 15) is 9.59 Å². The first-order valence-corrected chi connectivity index (χ1v) is 11.7. The summed E-state index contributed by atoms with van der Waals surface area (Å²) in [6, 6.07) is 17.1. The van der Waals surface area contributed by atoms with Crippen LogP contribution in [-0.2, 0) is 9.53 Å². The van der Waals surface area contributed by atoms with Crippen LogP contribution < -0.4 is 14.9 Å². The molecule has 0 fully saturated rings. The molecule has 1 atom stereocenters. The number of ether oxygens (including phenoxy) is 1. The zero-order valence-corrected chi connectivity index (χ0v) is 19.8. The summed E-state index contributed by atoms with van der Waals surface area (Å²) in [7, 11) is 0. The van der Waals surface area contributed by atoms with Crippen molar-refractivity contribution in [1.82, 2.24) is 4.57 Å². The van der Waals surface area contributed by atoms with Gasteiger partial charge in [0.15, 0.2) is 4.80 Å². The van der Waals surface area contributed by atoms with E-state index in [1.54, 1.807) is 11.5 Å². The molecule has 4 rings (SSSR count). The predicted molar refractivity (Wildman–Crippen MR) is 132 cm³/mol. The third kappa shape index (κ3) is 4.52. The lowest BCUT2D eigenvalue weighted by Gasteiger charge is -2.24. The van der Waals surface area contributed by atoms with E-state index in [1.807, 2.05) is 48.5 Å². The second-order valence-corrected chi connectivity index (χ2v) is 9.21. The van der Waals surface area contributed by atoms with Crippen molar-refractivity contribution >= 4 is 23.4 Å². The second-order valence-electron chi connectivity index (χ2n) is 8.20. The SMILES string of the molecule is C=CCOC(=O)C1=C(C)N=c2s/c(=C/c3ccc(C(C)C)cc3)c(=O)n2C1c1ccccc1. The van der Waals surface area contributed by atoms with Crippen LogP contribution in [0.25, 0.3) is 6.08 Å². The van der Waals surface area contributed by atoms with Crippen molar-refractivity contribution in [2.24, 2.45) is 4.99 Å². The Balaban J connectivity index is 1.87. The molecule has 0 radical (unpaired) electrons. The Morgan fingerprint density at radius 1 is 1.18 bits per heavy atom. The summed E-state index contributed by atoms with van der Waals surface area (Å²) in [5.74, 6) is -0.0546. The van der Waals surface area contributed by atoms with Crippen molar-refractivity contribution in [3.8, 4) is 0 Å². The molecule has 0 aliphatic carbocycles. The zero-order valence-electron chi connectivity index (χ0n) is 18.9. The third-order valence-corrected chi connectivity index (χ3v) is 6.57. The maximum Gasteiger partial charge on any atom is 0.338 e. The Morgan fingerprint density at radius 2 is 1.88 bits per heavy atom. The smallest absolute Gasteiger partial charge is 0.338 e. The number of carbonyl (C=O) groups excluding carboxylic acids is 1. The molecule has 1 unspecified atom stereocenters. The van der Waals surface area contributed by atoms with Crippen LogP contribution in [0.5, 0.6) is 0 Å². The Labute approximate surface area is 196 Å². The summed E-state index contributed by atoms with van der Waals surface area (Å²) in [4.78, 5) is 31.7. The number of benzene rings is 2. The van der Waals surface area contributed by atoms with Gasteiger partial charge in [-0.1, -0.05) is 92.4 Å². The highest BCUT2D eigenvalue weighted by Gasteiger charge is 2.33. The summed E-state index contributed by atoms with van der Waals surface area (Å²) in [5, 5.41) is 0. The molecule has 0 bridgehead atoms. The lowest BCUT2D eigenvalue weighted by Crippen LogP contribution is -2.39. The third-order valence-electron chi connectivity index (χ3n) is 5.59. The molecule has 1 aliphatic heterocycles. The number of nitrogens with zero attached hydrogens (tertiary/aromatic N) is 2. The van der Waals surface area contributed by atoms with Crippen LogP contribution in [0, 0.1) is 0 Å². The Kier molecular flexibility index (Phi) is 6.56. The Hall–Kier alpha value is -3.51. The zero-order chi connectivity index (χ0) is 23.5. The van der Waals surface area contributed by atoms with Gasteiger partial charge in [-0.15, -0.1) is 0 Å². The highest BCUT2D eigenvalue weighted by atomic mass is 32.1. The van der Waals surface area contributed by atoms with Crippen LogP contribution in [0.1, 0.15) is 49.4 Å². The minimum atomic E-state index is -0.606. The van der Waals surface area contributed by atoms with Gasteiger partial charge in [0.2, 0.25) is 0 Å². The number of thiazole rings is 1. The van der Waals surface area contributed by atoms with Gasteiger partial charge in [0, 0.05) is 0 Å². The summed E-state index contributed by atoms with van der Waals surface area (Å²) in [5.41, 5.74) is 3.75. The van der Waals surface area contributed by atoms with Crippen molar-refractivity contribution in [1.29, 1.82) is 0 Å². The van der Waals surface area contributed by atoms with E-state index >= 15 is 0 Å². The molecule has 6 heteroatoms. The summed E-state index contributed by atoms with van der Waals surface area (Å²) >= 11 is 1.33. The summed E-state index contributed by atoms with van der Waals surface area (Å²) in [6.45, 7) is 9.78. The van der Waals surface area contributed by atoms with Crippen molar-refractivity contribution in [3.05, 3.63) is 115 Å². The van der Waals surface area contributed by atoms with E-state index in [0.717, 1.165) is 11.1 Å². The molecule has 0 saturated carbocycles. The predicted octanol–water partition coefficient (Wildman–Crippen LogP) is 4.09. The van der Waals surface area contributed by atoms with Gasteiger partial charge in [-0.2, -0.15) is 0 Å². The number of esters is 1. The lowest BCUT2D eigenvalue weighted by molar-refractivity contribution is -0.138. The number of hydrogen-bond acceptors (Lipinski definition) is 5.